The van der Waals surface area contributed by atoms with Gasteiger partial charge in [0, 0.05) is 28.9 Å². The first kappa shape index (κ1) is 15.2. The van der Waals surface area contributed by atoms with E-state index in [9.17, 15) is 10.1 Å². The van der Waals surface area contributed by atoms with Crippen molar-refractivity contribution in [2.45, 2.75) is 20.8 Å². The summed E-state index contributed by atoms with van der Waals surface area (Å²) < 4.78 is 0. The first-order valence-corrected chi connectivity index (χ1v) is 6.82. The Hall–Kier alpha value is -2.20. The Kier molecular flexibility index (Phi) is 4.38. The number of nitro benzene ring substituents is 1. The van der Waals surface area contributed by atoms with E-state index >= 15 is 0 Å². The molecule has 0 N–H and O–H groups in total. The molecule has 0 radical (unpaired) electrons. The topological polar surface area (TPSA) is 55.5 Å². The molecule has 0 spiro atoms. The van der Waals surface area contributed by atoms with Gasteiger partial charge in [0.1, 0.15) is 0 Å². The first-order chi connectivity index (χ1) is 9.88. The van der Waals surface area contributed by atoms with E-state index in [2.05, 4.69) is 17.1 Å². The zero-order valence-electron chi connectivity index (χ0n) is 12.1. The number of nitrogens with zero attached hydrogens (tertiary/aromatic N) is 2. The van der Waals surface area contributed by atoms with Crippen LogP contribution in [0.5, 0.6) is 0 Å². The standard InChI is InChI=1S/C16H15ClN2O2/c1-10-6-11(2)16(12(3)7-10)18-9-13-8-14(19(20)21)4-5-15(13)17/h4-9H,1-3H3. The van der Waals surface area contributed by atoms with Gasteiger partial charge in [-0.15, -0.1) is 0 Å². The third-order valence-electron chi connectivity index (χ3n) is 3.16. The summed E-state index contributed by atoms with van der Waals surface area (Å²) in [5.74, 6) is 0. The Bertz CT molecular complexity index is 716. The molecule has 0 fully saturated rings. The Morgan fingerprint density at radius 1 is 1.14 bits per heavy atom. The SMILES string of the molecule is Cc1cc(C)c(N=Cc2cc([N+](=O)[O-])ccc2Cl)c(C)c1. The van der Waals surface area contributed by atoms with Gasteiger partial charge in [-0.05, 0) is 38.0 Å². The number of aryl methyl sites for hydroxylation is 3. The average molecular weight is 303 g/mol. The molecule has 0 amide bonds. The summed E-state index contributed by atoms with van der Waals surface area (Å²) in [6, 6.07) is 8.41. The van der Waals surface area contributed by atoms with Crippen LogP contribution in [0.2, 0.25) is 5.02 Å². The van der Waals surface area contributed by atoms with Gasteiger partial charge in [-0.1, -0.05) is 29.3 Å². The zero-order chi connectivity index (χ0) is 15.6. The molecule has 21 heavy (non-hydrogen) atoms. The van der Waals surface area contributed by atoms with Gasteiger partial charge in [-0.3, -0.25) is 15.1 Å². The number of rotatable bonds is 3. The first-order valence-electron chi connectivity index (χ1n) is 6.44. The lowest BCUT2D eigenvalue weighted by molar-refractivity contribution is -0.384. The van der Waals surface area contributed by atoms with Crippen LogP contribution in [-0.4, -0.2) is 11.1 Å². The van der Waals surface area contributed by atoms with Gasteiger partial charge in [0.2, 0.25) is 0 Å². The van der Waals surface area contributed by atoms with E-state index in [0.717, 1.165) is 16.8 Å². The van der Waals surface area contributed by atoms with Crippen molar-refractivity contribution in [2.24, 2.45) is 4.99 Å². The minimum Gasteiger partial charge on any atom is -0.258 e. The fourth-order valence-corrected chi connectivity index (χ4v) is 2.42. The molecule has 0 atom stereocenters. The number of halogens is 1. The molecule has 2 rings (SSSR count). The Morgan fingerprint density at radius 2 is 1.76 bits per heavy atom. The molecule has 0 aliphatic carbocycles. The molecule has 4 nitrogen and oxygen atoms in total. The molecule has 0 saturated heterocycles. The summed E-state index contributed by atoms with van der Waals surface area (Å²) in [5, 5.41) is 11.2. The van der Waals surface area contributed by atoms with Crippen molar-refractivity contribution >= 4 is 29.2 Å². The Morgan fingerprint density at radius 3 is 2.33 bits per heavy atom. The van der Waals surface area contributed by atoms with Crippen molar-refractivity contribution < 1.29 is 4.92 Å². The van der Waals surface area contributed by atoms with Crippen LogP contribution in [0, 0.1) is 30.9 Å². The lowest BCUT2D eigenvalue weighted by Gasteiger charge is -2.06. The van der Waals surface area contributed by atoms with E-state index < -0.39 is 4.92 Å². The van der Waals surface area contributed by atoms with E-state index in [4.69, 9.17) is 11.6 Å². The van der Waals surface area contributed by atoms with E-state index in [-0.39, 0.29) is 5.69 Å². The number of hydrogen-bond donors (Lipinski definition) is 0. The summed E-state index contributed by atoms with van der Waals surface area (Å²) >= 11 is 6.06. The van der Waals surface area contributed by atoms with Gasteiger partial charge in [0.15, 0.2) is 0 Å². The van der Waals surface area contributed by atoms with Crippen molar-refractivity contribution in [1.29, 1.82) is 0 Å². The van der Waals surface area contributed by atoms with Crippen molar-refractivity contribution in [3.05, 3.63) is 67.7 Å². The second kappa shape index (κ2) is 6.06. The van der Waals surface area contributed by atoms with Gasteiger partial charge in [0.25, 0.3) is 5.69 Å². The quantitative estimate of drug-likeness (QED) is 0.459. The highest BCUT2D eigenvalue weighted by Gasteiger charge is 2.09. The van der Waals surface area contributed by atoms with Crippen molar-refractivity contribution in [1.82, 2.24) is 0 Å². The van der Waals surface area contributed by atoms with Crippen LogP contribution >= 0.6 is 11.6 Å². The molecule has 0 aromatic heterocycles. The normalized spacial score (nSPS) is 11.0. The zero-order valence-corrected chi connectivity index (χ0v) is 12.8. The van der Waals surface area contributed by atoms with E-state index in [0.29, 0.717) is 10.6 Å². The van der Waals surface area contributed by atoms with E-state index in [1.165, 1.54) is 23.8 Å². The molecule has 0 saturated carbocycles. The van der Waals surface area contributed by atoms with Crippen molar-refractivity contribution in [2.75, 3.05) is 0 Å². The molecule has 2 aromatic rings. The van der Waals surface area contributed by atoms with Crippen molar-refractivity contribution in [3.8, 4) is 0 Å². The molecule has 0 unspecified atom stereocenters. The molecule has 0 aliphatic heterocycles. The molecule has 5 heteroatoms. The minimum atomic E-state index is -0.448. The van der Waals surface area contributed by atoms with Crippen molar-refractivity contribution in [3.63, 3.8) is 0 Å². The number of non-ortho nitro benzene ring substituents is 1. The van der Waals surface area contributed by atoms with Crippen LogP contribution in [0.25, 0.3) is 0 Å². The van der Waals surface area contributed by atoms with Gasteiger partial charge in [-0.25, -0.2) is 0 Å². The highest BCUT2D eigenvalue weighted by Crippen LogP contribution is 2.26. The van der Waals surface area contributed by atoms with Crippen LogP contribution in [0.15, 0.2) is 35.3 Å². The van der Waals surface area contributed by atoms with Crippen LogP contribution < -0.4 is 0 Å². The fourth-order valence-electron chi connectivity index (χ4n) is 2.25. The predicted octanol–water partition coefficient (Wildman–Crippen LogP) is 4.92. The number of benzene rings is 2. The molecule has 0 aliphatic rings. The monoisotopic (exact) mass is 302 g/mol. The highest BCUT2D eigenvalue weighted by molar-refractivity contribution is 6.33. The molecule has 0 bridgehead atoms. The second-order valence-electron chi connectivity index (χ2n) is 4.97. The number of hydrogen-bond acceptors (Lipinski definition) is 3. The maximum atomic E-state index is 10.8. The lowest BCUT2D eigenvalue weighted by Crippen LogP contribution is -1.91. The largest absolute Gasteiger partial charge is 0.270 e. The van der Waals surface area contributed by atoms with Gasteiger partial charge >= 0.3 is 0 Å². The lowest BCUT2D eigenvalue weighted by atomic mass is 10.1. The highest BCUT2D eigenvalue weighted by atomic mass is 35.5. The third-order valence-corrected chi connectivity index (χ3v) is 3.50. The maximum Gasteiger partial charge on any atom is 0.270 e. The Balaban J connectivity index is 2.42. The number of aliphatic imine (C=N–C) groups is 1. The summed E-state index contributed by atoms with van der Waals surface area (Å²) in [5.41, 5.74) is 4.69. The number of nitro groups is 1. The van der Waals surface area contributed by atoms with Gasteiger partial charge < -0.3 is 0 Å². The summed E-state index contributed by atoms with van der Waals surface area (Å²) in [6.45, 7) is 6.01. The second-order valence-corrected chi connectivity index (χ2v) is 5.38. The minimum absolute atomic E-state index is 0.00167. The molecular weight excluding hydrogens is 288 g/mol. The summed E-state index contributed by atoms with van der Waals surface area (Å²) in [4.78, 5) is 14.8. The molecule has 0 heterocycles. The van der Waals surface area contributed by atoms with Crippen LogP contribution in [0.4, 0.5) is 11.4 Å². The molecule has 108 valence electrons. The van der Waals surface area contributed by atoms with Gasteiger partial charge in [-0.2, -0.15) is 0 Å². The van der Waals surface area contributed by atoms with Gasteiger partial charge in [0.05, 0.1) is 10.6 Å². The summed E-state index contributed by atoms with van der Waals surface area (Å²) in [7, 11) is 0. The average Bonchev–Trinajstić information content (AvgIpc) is 2.39. The smallest absolute Gasteiger partial charge is 0.258 e. The third kappa shape index (κ3) is 3.47. The van der Waals surface area contributed by atoms with Crippen LogP contribution in [-0.2, 0) is 0 Å². The predicted molar refractivity (Wildman–Crippen MR) is 86.0 cm³/mol. The van der Waals surface area contributed by atoms with Crippen LogP contribution in [0.3, 0.4) is 0 Å². The maximum absolute atomic E-state index is 10.8. The summed E-state index contributed by atoms with van der Waals surface area (Å²) in [6.07, 6.45) is 1.57. The fraction of sp³-hybridized carbons (Fsp3) is 0.188. The molecular formula is C16H15ClN2O2. The van der Waals surface area contributed by atoms with E-state index in [1.807, 2.05) is 20.8 Å². The van der Waals surface area contributed by atoms with Crippen LogP contribution in [0.1, 0.15) is 22.3 Å². The molecule has 2 aromatic carbocycles. The van der Waals surface area contributed by atoms with E-state index in [1.54, 1.807) is 6.21 Å². The Labute approximate surface area is 128 Å².